The highest BCUT2D eigenvalue weighted by Gasteiger charge is 2.30. The van der Waals surface area contributed by atoms with Crippen LogP contribution in [0.4, 0.5) is 18.9 Å². The average molecular weight is 388 g/mol. The number of hydrogen-bond donors (Lipinski definition) is 2. The molecule has 0 atom stereocenters. The number of aromatic nitrogens is 1. The second-order valence-corrected chi connectivity index (χ2v) is 6.36. The number of nitriles is 1. The molecule has 0 unspecified atom stereocenters. The monoisotopic (exact) mass is 388 g/mol. The number of halogens is 3. The van der Waals surface area contributed by atoms with Crippen molar-refractivity contribution in [2.24, 2.45) is 5.92 Å². The lowest BCUT2D eigenvalue weighted by Crippen LogP contribution is -2.34. The van der Waals surface area contributed by atoms with Crippen molar-refractivity contribution in [3.05, 3.63) is 47.7 Å². The Bertz CT molecular complexity index is 962. The van der Waals surface area contributed by atoms with Crippen LogP contribution in [0.15, 0.2) is 36.5 Å². The van der Waals surface area contributed by atoms with Gasteiger partial charge < -0.3 is 10.6 Å². The van der Waals surface area contributed by atoms with Gasteiger partial charge in [0.1, 0.15) is 6.54 Å². The number of nitrogens with one attached hydrogen (secondary N) is 2. The number of benzene rings is 1. The van der Waals surface area contributed by atoms with E-state index >= 15 is 0 Å². The molecule has 28 heavy (non-hydrogen) atoms. The van der Waals surface area contributed by atoms with Gasteiger partial charge in [0.05, 0.1) is 22.9 Å². The molecule has 1 aromatic carbocycles. The molecule has 1 aliphatic carbocycles. The van der Waals surface area contributed by atoms with E-state index in [9.17, 15) is 28.0 Å². The molecule has 1 fully saturated rings. The molecule has 144 valence electrons. The van der Waals surface area contributed by atoms with Crippen LogP contribution >= 0.6 is 0 Å². The Morgan fingerprint density at radius 2 is 1.96 bits per heavy atom. The highest BCUT2D eigenvalue weighted by molar-refractivity contribution is 5.97. The molecule has 2 amide bonds. The van der Waals surface area contributed by atoms with Gasteiger partial charge in [-0.1, -0.05) is 6.07 Å². The molecule has 1 aliphatic rings. The maximum Gasteiger partial charge on any atom is 0.405 e. The number of hydrogen-bond acceptors (Lipinski definition) is 4. The minimum Gasteiger partial charge on any atom is -0.343 e. The Kier molecular flexibility index (Phi) is 5.31. The first-order chi connectivity index (χ1) is 13.3. The highest BCUT2D eigenvalue weighted by atomic mass is 19.4. The number of anilines is 1. The summed E-state index contributed by atoms with van der Waals surface area (Å²) in [5.41, 5.74) is 1.26. The number of amides is 2. The van der Waals surface area contributed by atoms with Crippen molar-refractivity contribution >= 4 is 17.5 Å². The summed E-state index contributed by atoms with van der Waals surface area (Å²) in [6.07, 6.45) is -1.31. The first-order valence-electron chi connectivity index (χ1n) is 8.43. The first kappa shape index (κ1) is 19.4. The lowest BCUT2D eigenvalue weighted by atomic mass is 10.0. The van der Waals surface area contributed by atoms with Crippen molar-refractivity contribution < 1.29 is 22.8 Å². The van der Waals surface area contributed by atoms with Crippen LogP contribution in [-0.2, 0) is 4.79 Å². The molecule has 3 rings (SSSR count). The maximum atomic E-state index is 12.3. The third-order valence-electron chi connectivity index (χ3n) is 4.11. The van der Waals surface area contributed by atoms with Crippen LogP contribution in [0.3, 0.4) is 0 Å². The van der Waals surface area contributed by atoms with Crippen LogP contribution < -0.4 is 10.6 Å². The number of carbonyl (C=O) groups is 2. The topological polar surface area (TPSA) is 94.9 Å². The predicted octanol–water partition coefficient (Wildman–Crippen LogP) is 3.26. The highest BCUT2D eigenvalue weighted by Crippen LogP contribution is 2.30. The van der Waals surface area contributed by atoms with E-state index in [1.54, 1.807) is 17.4 Å². The van der Waals surface area contributed by atoms with Gasteiger partial charge in [-0.3, -0.25) is 14.6 Å². The number of alkyl halides is 3. The smallest absolute Gasteiger partial charge is 0.343 e. The molecule has 1 saturated carbocycles. The summed E-state index contributed by atoms with van der Waals surface area (Å²) < 4.78 is 36.8. The number of rotatable bonds is 5. The van der Waals surface area contributed by atoms with E-state index in [0.717, 1.165) is 12.8 Å². The molecule has 0 radical (unpaired) electrons. The number of carbonyl (C=O) groups excluding carboxylic acids is 2. The zero-order valence-corrected chi connectivity index (χ0v) is 14.5. The lowest BCUT2D eigenvalue weighted by molar-refractivity contribution is -0.123. The van der Waals surface area contributed by atoms with E-state index in [1.165, 1.54) is 24.4 Å². The number of nitrogens with zero attached hydrogens (tertiary/aromatic N) is 2. The molecule has 6 nitrogen and oxygen atoms in total. The molecule has 0 spiro atoms. The van der Waals surface area contributed by atoms with Crippen LogP contribution in [0.2, 0.25) is 0 Å². The van der Waals surface area contributed by atoms with Crippen LogP contribution in [0.25, 0.3) is 11.3 Å². The minimum atomic E-state index is -4.54. The molecule has 0 bridgehead atoms. The summed E-state index contributed by atoms with van der Waals surface area (Å²) in [7, 11) is 0. The Hall–Kier alpha value is -3.41. The van der Waals surface area contributed by atoms with Crippen LogP contribution in [0, 0.1) is 17.2 Å². The second kappa shape index (κ2) is 7.68. The summed E-state index contributed by atoms with van der Waals surface area (Å²) in [6, 6.07) is 9.20. The molecule has 2 aromatic rings. The van der Waals surface area contributed by atoms with E-state index in [2.05, 4.69) is 10.3 Å². The molecule has 1 aromatic heterocycles. The lowest BCUT2D eigenvalue weighted by Gasteiger charge is -2.11. The van der Waals surface area contributed by atoms with Gasteiger partial charge in [-0.05, 0) is 37.1 Å². The molecular weight excluding hydrogens is 373 g/mol. The molecule has 9 heteroatoms. The third-order valence-corrected chi connectivity index (χ3v) is 4.11. The average Bonchev–Trinajstić information content (AvgIpc) is 3.50. The predicted molar refractivity (Wildman–Crippen MR) is 94.1 cm³/mol. The number of pyridine rings is 1. The van der Waals surface area contributed by atoms with E-state index < -0.39 is 18.6 Å². The standard InChI is InChI=1S/C19H15F3N4O2/c20-19(21,22)10-25-18(28)15-4-3-12(7-13(15)9-23)16-8-14(5-6-24-16)26-17(27)11-1-2-11/h3-8,11H,1-2,10H2,(H,25,28)(H,24,26,27). The Morgan fingerprint density at radius 1 is 1.21 bits per heavy atom. The molecule has 1 heterocycles. The summed E-state index contributed by atoms with van der Waals surface area (Å²) in [5, 5.41) is 13.8. The third kappa shape index (κ3) is 4.85. The van der Waals surface area contributed by atoms with Gasteiger partial charge in [0.15, 0.2) is 0 Å². The Labute approximate surface area is 158 Å². The summed E-state index contributed by atoms with van der Waals surface area (Å²) in [6.45, 7) is -1.48. The van der Waals surface area contributed by atoms with Crippen molar-refractivity contribution in [3.63, 3.8) is 0 Å². The zero-order chi connectivity index (χ0) is 20.3. The van der Waals surface area contributed by atoms with Gasteiger partial charge >= 0.3 is 6.18 Å². The largest absolute Gasteiger partial charge is 0.405 e. The van der Waals surface area contributed by atoms with Gasteiger partial charge in [0.2, 0.25) is 5.91 Å². The van der Waals surface area contributed by atoms with Crippen molar-refractivity contribution in [3.8, 4) is 17.3 Å². The van der Waals surface area contributed by atoms with Gasteiger partial charge in [0.25, 0.3) is 5.91 Å². The summed E-state index contributed by atoms with van der Waals surface area (Å²) in [5.74, 6) is -1.01. The van der Waals surface area contributed by atoms with Crippen LogP contribution in [-0.4, -0.2) is 29.5 Å². The normalized spacial score (nSPS) is 13.5. The van der Waals surface area contributed by atoms with E-state index in [-0.39, 0.29) is 23.0 Å². The van der Waals surface area contributed by atoms with Gasteiger partial charge in [-0.2, -0.15) is 18.4 Å². The fourth-order valence-electron chi connectivity index (χ4n) is 2.53. The summed E-state index contributed by atoms with van der Waals surface area (Å²) in [4.78, 5) is 28.0. The van der Waals surface area contributed by atoms with Gasteiger partial charge in [-0.25, -0.2) is 0 Å². The zero-order valence-electron chi connectivity index (χ0n) is 14.5. The van der Waals surface area contributed by atoms with E-state index in [1.807, 2.05) is 6.07 Å². The van der Waals surface area contributed by atoms with Gasteiger partial charge in [0, 0.05) is 23.4 Å². The van der Waals surface area contributed by atoms with Crippen molar-refractivity contribution in [1.82, 2.24) is 10.3 Å². The van der Waals surface area contributed by atoms with Crippen LogP contribution in [0.5, 0.6) is 0 Å². The fraction of sp³-hybridized carbons (Fsp3) is 0.263. The molecular formula is C19H15F3N4O2. The van der Waals surface area contributed by atoms with Gasteiger partial charge in [-0.15, -0.1) is 0 Å². The van der Waals surface area contributed by atoms with E-state index in [0.29, 0.717) is 16.9 Å². The second-order valence-electron chi connectivity index (χ2n) is 6.36. The Morgan fingerprint density at radius 3 is 2.61 bits per heavy atom. The quantitative estimate of drug-likeness (QED) is 0.822. The molecule has 2 N–H and O–H groups in total. The summed E-state index contributed by atoms with van der Waals surface area (Å²) >= 11 is 0. The van der Waals surface area contributed by atoms with E-state index in [4.69, 9.17) is 0 Å². The van der Waals surface area contributed by atoms with Crippen molar-refractivity contribution in [1.29, 1.82) is 5.26 Å². The maximum absolute atomic E-state index is 12.3. The Balaban J connectivity index is 1.81. The minimum absolute atomic E-state index is 0.0382. The van der Waals surface area contributed by atoms with Crippen LogP contribution in [0.1, 0.15) is 28.8 Å². The SMILES string of the molecule is N#Cc1cc(-c2cc(NC(=O)C3CC3)ccn2)ccc1C(=O)NCC(F)(F)F. The molecule has 0 saturated heterocycles. The first-order valence-corrected chi connectivity index (χ1v) is 8.43. The molecule has 0 aliphatic heterocycles. The van der Waals surface area contributed by atoms with Crippen molar-refractivity contribution in [2.45, 2.75) is 19.0 Å². The fourth-order valence-corrected chi connectivity index (χ4v) is 2.53. The van der Waals surface area contributed by atoms with Crippen molar-refractivity contribution in [2.75, 3.05) is 11.9 Å².